The van der Waals surface area contributed by atoms with Gasteiger partial charge in [-0.15, -0.1) is 11.3 Å². The van der Waals surface area contributed by atoms with Crippen LogP contribution >= 0.6 is 11.3 Å². The lowest BCUT2D eigenvalue weighted by molar-refractivity contribution is -0.112. The minimum atomic E-state index is 0.210. The van der Waals surface area contributed by atoms with Gasteiger partial charge in [0.2, 0.25) is 0 Å². The Bertz CT molecular complexity index is 736. The predicted molar refractivity (Wildman–Crippen MR) is 99.9 cm³/mol. The van der Waals surface area contributed by atoms with Crippen LogP contribution in [-0.4, -0.2) is 19.9 Å². The molecule has 2 nitrogen and oxygen atoms in total. The minimum absolute atomic E-state index is 0.210. The largest absolute Gasteiger partial charge is 0.378 e. The zero-order valence-corrected chi connectivity index (χ0v) is 14.4. The summed E-state index contributed by atoms with van der Waals surface area (Å²) in [6, 6.07) is 12.4. The molecule has 1 aromatic heterocycles. The van der Waals surface area contributed by atoms with E-state index in [1.807, 2.05) is 31.6 Å². The summed E-state index contributed by atoms with van der Waals surface area (Å²) in [5, 5.41) is 2.04. The number of carbonyl (C=O) groups is 1. The van der Waals surface area contributed by atoms with Crippen LogP contribution in [0.4, 0.5) is 5.69 Å². The first kappa shape index (κ1) is 15.8. The highest BCUT2D eigenvalue weighted by atomic mass is 32.1. The van der Waals surface area contributed by atoms with Gasteiger partial charge in [-0.1, -0.05) is 18.2 Å². The highest BCUT2D eigenvalue weighted by Crippen LogP contribution is 2.29. The van der Waals surface area contributed by atoms with Crippen molar-refractivity contribution in [1.29, 1.82) is 0 Å². The standard InChI is InChI=1S/C20H21NOS/c1-21(2)18-10-8-15(9-11-18)13-16-5-3-6-17(20(16)22)14-19-7-4-12-23-19/h4,7-14H,3,5-6H2,1-2H3/b16-13-,17-14+. The quantitative estimate of drug-likeness (QED) is 0.738. The molecule has 1 aliphatic carbocycles. The Kier molecular flexibility index (Phi) is 4.77. The molecule has 1 heterocycles. The summed E-state index contributed by atoms with van der Waals surface area (Å²) in [4.78, 5) is 15.9. The lowest BCUT2D eigenvalue weighted by Gasteiger charge is -2.16. The van der Waals surface area contributed by atoms with Crippen molar-refractivity contribution >= 4 is 35.0 Å². The van der Waals surface area contributed by atoms with E-state index in [0.29, 0.717) is 0 Å². The van der Waals surface area contributed by atoms with E-state index >= 15 is 0 Å². The second-order valence-electron chi connectivity index (χ2n) is 6.02. The molecule has 1 aromatic carbocycles. The smallest absolute Gasteiger partial charge is 0.185 e. The van der Waals surface area contributed by atoms with Gasteiger partial charge in [0, 0.05) is 35.8 Å². The molecule has 2 aromatic rings. The second-order valence-corrected chi connectivity index (χ2v) is 7.00. The molecule has 3 heteroatoms. The number of benzene rings is 1. The van der Waals surface area contributed by atoms with Crippen molar-refractivity contribution in [2.45, 2.75) is 19.3 Å². The monoisotopic (exact) mass is 323 g/mol. The van der Waals surface area contributed by atoms with Crippen LogP contribution in [0, 0.1) is 0 Å². The van der Waals surface area contributed by atoms with E-state index in [9.17, 15) is 4.79 Å². The van der Waals surface area contributed by atoms with Crippen molar-refractivity contribution in [3.63, 3.8) is 0 Å². The van der Waals surface area contributed by atoms with Gasteiger partial charge in [-0.05, 0) is 60.6 Å². The van der Waals surface area contributed by atoms with E-state index in [1.54, 1.807) is 11.3 Å². The Labute approximate surface area is 141 Å². The molecule has 0 amide bonds. The van der Waals surface area contributed by atoms with Crippen LogP contribution in [0.5, 0.6) is 0 Å². The zero-order valence-electron chi connectivity index (χ0n) is 13.6. The first-order valence-corrected chi connectivity index (χ1v) is 8.78. The molecule has 0 spiro atoms. The number of thiophene rings is 1. The number of hydrogen-bond donors (Lipinski definition) is 0. The fraction of sp³-hybridized carbons (Fsp3) is 0.250. The van der Waals surface area contributed by atoms with Gasteiger partial charge in [0.25, 0.3) is 0 Å². The molecule has 1 aliphatic rings. The molecule has 0 saturated heterocycles. The lowest BCUT2D eigenvalue weighted by Crippen LogP contribution is -2.12. The molecule has 118 valence electrons. The molecule has 1 saturated carbocycles. The van der Waals surface area contributed by atoms with Crippen molar-refractivity contribution in [2.24, 2.45) is 0 Å². The van der Waals surface area contributed by atoms with Gasteiger partial charge in [-0.25, -0.2) is 0 Å². The third-order valence-electron chi connectivity index (χ3n) is 4.09. The molecule has 3 rings (SSSR count). The average molecular weight is 323 g/mol. The Morgan fingerprint density at radius 1 is 1.00 bits per heavy atom. The predicted octanol–water partition coefficient (Wildman–Crippen LogP) is 5.03. The van der Waals surface area contributed by atoms with Crippen molar-refractivity contribution in [3.8, 4) is 0 Å². The Hall–Kier alpha value is -2.13. The number of allylic oxidation sites excluding steroid dienone is 2. The lowest BCUT2D eigenvalue weighted by atomic mass is 9.87. The first-order valence-electron chi connectivity index (χ1n) is 7.90. The highest BCUT2D eigenvalue weighted by Gasteiger charge is 2.20. The topological polar surface area (TPSA) is 20.3 Å². The van der Waals surface area contributed by atoms with E-state index in [1.165, 1.54) is 5.69 Å². The number of anilines is 1. The van der Waals surface area contributed by atoms with Crippen LogP contribution in [0.25, 0.3) is 12.2 Å². The summed E-state index contributed by atoms with van der Waals surface area (Å²) in [5.74, 6) is 0.210. The van der Waals surface area contributed by atoms with E-state index in [2.05, 4.69) is 41.3 Å². The molecule has 0 N–H and O–H groups in total. The Morgan fingerprint density at radius 3 is 2.30 bits per heavy atom. The summed E-state index contributed by atoms with van der Waals surface area (Å²) in [7, 11) is 4.06. The molecule has 0 atom stereocenters. The number of ketones is 1. The number of rotatable bonds is 3. The number of hydrogen-bond acceptors (Lipinski definition) is 3. The SMILES string of the molecule is CN(C)c1ccc(/C=C2/CCC/C(=C\c3cccs3)C2=O)cc1. The van der Waals surface area contributed by atoms with Crippen LogP contribution < -0.4 is 4.90 Å². The van der Waals surface area contributed by atoms with E-state index in [-0.39, 0.29) is 5.78 Å². The van der Waals surface area contributed by atoms with Crippen LogP contribution in [0.1, 0.15) is 29.7 Å². The van der Waals surface area contributed by atoms with Crippen LogP contribution in [0.15, 0.2) is 52.9 Å². The van der Waals surface area contributed by atoms with Gasteiger partial charge >= 0.3 is 0 Å². The average Bonchev–Trinajstić information content (AvgIpc) is 3.05. The summed E-state index contributed by atoms with van der Waals surface area (Å²) < 4.78 is 0. The summed E-state index contributed by atoms with van der Waals surface area (Å²) in [6.07, 6.45) is 6.90. The fourth-order valence-corrected chi connectivity index (χ4v) is 3.47. The van der Waals surface area contributed by atoms with Gasteiger partial charge in [0.1, 0.15) is 0 Å². The molecular formula is C20H21NOS. The molecule has 23 heavy (non-hydrogen) atoms. The molecule has 0 radical (unpaired) electrons. The number of carbonyl (C=O) groups excluding carboxylic acids is 1. The Morgan fingerprint density at radius 2 is 1.70 bits per heavy atom. The van der Waals surface area contributed by atoms with E-state index in [0.717, 1.165) is 40.8 Å². The van der Waals surface area contributed by atoms with E-state index < -0.39 is 0 Å². The maximum absolute atomic E-state index is 12.7. The van der Waals surface area contributed by atoms with Crippen LogP contribution in [-0.2, 0) is 4.79 Å². The van der Waals surface area contributed by atoms with Crippen LogP contribution in [0.2, 0.25) is 0 Å². The van der Waals surface area contributed by atoms with E-state index in [4.69, 9.17) is 0 Å². The fourth-order valence-electron chi connectivity index (χ4n) is 2.79. The van der Waals surface area contributed by atoms with Gasteiger partial charge in [-0.2, -0.15) is 0 Å². The summed E-state index contributed by atoms with van der Waals surface area (Å²) in [5.41, 5.74) is 4.13. The zero-order chi connectivity index (χ0) is 16.2. The molecule has 0 aliphatic heterocycles. The van der Waals surface area contributed by atoms with Gasteiger partial charge in [0.05, 0.1) is 0 Å². The molecule has 0 bridgehead atoms. The summed E-state index contributed by atoms with van der Waals surface area (Å²) in [6.45, 7) is 0. The Balaban J connectivity index is 1.83. The molecule has 0 unspecified atom stereocenters. The summed E-state index contributed by atoms with van der Waals surface area (Å²) >= 11 is 1.68. The maximum atomic E-state index is 12.7. The number of Topliss-reactive ketones (excluding diaryl/α,β-unsaturated/α-hetero) is 1. The third kappa shape index (κ3) is 3.80. The minimum Gasteiger partial charge on any atom is -0.378 e. The second kappa shape index (κ2) is 6.97. The van der Waals surface area contributed by atoms with Gasteiger partial charge in [0.15, 0.2) is 5.78 Å². The van der Waals surface area contributed by atoms with Crippen molar-refractivity contribution in [2.75, 3.05) is 19.0 Å². The van der Waals surface area contributed by atoms with Crippen LogP contribution in [0.3, 0.4) is 0 Å². The van der Waals surface area contributed by atoms with Crippen molar-refractivity contribution < 1.29 is 4.79 Å². The number of nitrogens with zero attached hydrogens (tertiary/aromatic N) is 1. The first-order chi connectivity index (χ1) is 11.1. The highest BCUT2D eigenvalue weighted by molar-refractivity contribution is 7.10. The maximum Gasteiger partial charge on any atom is 0.185 e. The molecular weight excluding hydrogens is 302 g/mol. The molecule has 1 fully saturated rings. The van der Waals surface area contributed by atoms with Crippen molar-refractivity contribution in [1.82, 2.24) is 0 Å². The normalized spacial score (nSPS) is 18.6. The van der Waals surface area contributed by atoms with Gasteiger partial charge < -0.3 is 4.90 Å². The van der Waals surface area contributed by atoms with Crippen molar-refractivity contribution in [3.05, 3.63) is 63.4 Å². The third-order valence-corrected chi connectivity index (χ3v) is 4.90. The van der Waals surface area contributed by atoms with Gasteiger partial charge in [-0.3, -0.25) is 4.79 Å².